The second kappa shape index (κ2) is 5.65. The molecule has 0 bridgehead atoms. The number of cyclic esters (lactones) is 2. The molecule has 4 aliphatic rings. The third-order valence-electron chi connectivity index (χ3n) is 7.60. The molecule has 0 amide bonds. The normalized spacial score (nSPS) is 44.9. The summed E-state index contributed by atoms with van der Waals surface area (Å²) in [5, 5.41) is 11.2. The van der Waals surface area contributed by atoms with Gasteiger partial charge in [-0.3, -0.25) is 9.59 Å². The molecule has 1 N–H and O–H groups in total. The summed E-state index contributed by atoms with van der Waals surface area (Å²) < 4.78 is 10.4. The third-order valence-corrected chi connectivity index (χ3v) is 7.60. The molecule has 6 nitrogen and oxygen atoms in total. The molecule has 2 saturated heterocycles. The highest BCUT2D eigenvalue weighted by Gasteiger charge is 2.68. The number of rotatable bonds is 3. The van der Waals surface area contributed by atoms with Gasteiger partial charge in [0, 0.05) is 28.7 Å². The van der Waals surface area contributed by atoms with Gasteiger partial charge in [0.1, 0.15) is 12.2 Å². The smallest absolute Gasteiger partial charge is 0.334 e. The van der Waals surface area contributed by atoms with Gasteiger partial charge < -0.3 is 14.6 Å². The molecule has 2 aliphatic carbocycles. The van der Waals surface area contributed by atoms with Crippen LogP contribution >= 0.6 is 0 Å². The van der Waals surface area contributed by atoms with Crippen LogP contribution in [-0.4, -0.2) is 41.6 Å². The molecular formula is C20H26O6. The Labute approximate surface area is 152 Å². The topological polar surface area (TPSA) is 89.9 Å². The molecule has 0 aromatic heterocycles. The summed E-state index contributed by atoms with van der Waals surface area (Å²) in [6.07, 6.45) is 5.37. The molecule has 0 radical (unpaired) electrons. The van der Waals surface area contributed by atoms with Crippen LogP contribution in [-0.2, 0) is 23.9 Å². The zero-order valence-corrected chi connectivity index (χ0v) is 15.4. The van der Waals surface area contributed by atoms with Gasteiger partial charge in [-0.2, -0.15) is 0 Å². The third kappa shape index (κ3) is 2.24. The fourth-order valence-corrected chi connectivity index (χ4v) is 5.78. The number of carbonyl (C=O) groups excluding carboxylic acids is 3. The Hall–Kier alpha value is -1.69. The summed E-state index contributed by atoms with van der Waals surface area (Å²) in [6, 6.07) is 0. The number of hydrogen-bond acceptors (Lipinski definition) is 6. The van der Waals surface area contributed by atoms with Crippen LogP contribution in [0.5, 0.6) is 0 Å². The predicted molar refractivity (Wildman–Crippen MR) is 90.9 cm³/mol. The molecule has 3 fully saturated rings. The first-order valence-electron chi connectivity index (χ1n) is 9.50. The van der Waals surface area contributed by atoms with Gasteiger partial charge in [-0.1, -0.05) is 13.0 Å². The zero-order valence-electron chi connectivity index (χ0n) is 15.4. The van der Waals surface area contributed by atoms with Crippen molar-refractivity contribution in [3.63, 3.8) is 0 Å². The molecule has 142 valence electrons. The Kier molecular flexibility index (Phi) is 3.85. The maximum Gasteiger partial charge on any atom is 0.334 e. The Bertz CT molecular complexity index is 707. The molecule has 1 spiro atoms. The summed E-state index contributed by atoms with van der Waals surface area (Å²) in [5.74, 6) is -0.599. The molecule has 26 heavy (non-hydrogen) atoms. The summed E-state index contributed by atoms with van der Waals surface area (Å²) in [4.78, 5) is 36.6. The van der Waals surface area contributed by atoms with Crippen molar-refractivity contribution < 1.29 is 29.0 Å². The Balaban J connectivity index is 1.68. The number of ether oxygens (including phenoxy) is 2. The first kappa shape index (κ1) is 17.7. The Morgan fingerprint density at radius 2 is 2.00 bits per heavy atom. The van der Waals surface area contributed by atoms with Crippen molar-refractivity contribution in [1.29, 1.82) is 0 Å². The average molecular weight is 362 g/mol. The number of hydrogen-bond donors (Lipinski definition) is 1. The molecule has 0 aromatic rings. The number of esters is 2. The van der Waals surface area contributed by atoms with Crippen molar-refractivity contribution in [2.75, 3.05) is 13.2 Å². The van der Waals surface area contributed by atoms with Gasteiger partial charge in [0.25, 0.3) is 0 Å². The highest BCUT2D eigenvalue weighted by atomic mass is 16.5. The Morgan fingerprint density at radius 3 is 2.69 bits per heavy atom. The molecule has 5 atom stereocenters. The van der Waals surface area contributed by atoms with E-state index in [2.05, 4.69) is 0 Å². The molecule has 2 aliphatic heterocycles. The van der Waals surface area contributed by atoms with Gasteiger partial charge in [0.05, 0.1) is 13.0 Å². The first-order valence-corrected chi connectivity index (χ1v) is 9.50. The number of aliphatic hydroxyl groups is 1. The van der Waals surface area contributed by atoms with Crippen LogP contribution in [0.4, 0.5) is 0 Å². The minimum atomic E-state index is -1.46. The quantitative estimate of drug-likeness (QED) is 0.772. The van der Waals surface area contributed by atoms with E-state index in [4.69, 9.17) is 9.47 Å². The van der Waals surface area contributed by atoms with E-state index < -0.39 is 16.4 Å². The van der Waals surface area contributed by atoms with Crippen LogP contribution in [0.25, 0.3) is 0 Å². The predicted octanol–water partition coefficient (Wildman–Crippen LogP) is 1.94. The van der Waals surface area contributed by atoms with E-state index in [-0.39, 0.29) is 42.6 Å². The second-order valence-electron chi connectivity index (χ2n) is 8.86. The van der Waals surface area contributed by atoms with Crippen LogP contribution < -0.4 is 0 Å². The number of ketones is 1. The van der Waals surface area contributed by atoms with Crippen molar-refractivity contribution in [3.8, 4) is 0 Å². The van der Waals surface area contributed by atoms with E-state index in [0.717, 1.165) is 12.8 Å². The summed E-state index contributed by atoms with van der Waals surface area (Å²) in [6.45, 7) is 4.23. The second-order valence-corrected chi connectivity index (χ2v) is 8.86. The standard InChI is InChI=1S/C20H26O6/c1-18(7-6-12-8-16(22)25-10-12)14-5-3-4-13-17(23)26-11-20(13,14)9-15(21)19(18,2)24/h4,12,14,24H,3,5-11H2,1-2H3/t12-,14-,18-,19-,20-/m1/s1. The van der Waals surface area contributed by atoms with Crippen LogP contribution in [0, 0.1) is 22.7 Å². The van der Waals surface area contributed by atoms with Crippen molar-refractivity contribution >= 4 is 17.7 Å². The van der Waals surface area contributed by atoms with Crippen LogP contribution in [0.3, 0.4) is 0 Å². The molecule has 6 heteroatoms. The van der Waals surface area contributed by atoms with E-state index in [1.807, 2.05) is 13.0 Å². The average Bonchev–Trinajstić information content (AvgIpc) is 3.15. The van der Waals surface area contributed by atoms with Crippen LogP contribution in [0.1, 0.15) is 52.4 Å². The minimum Gasteiger partial charge on any atom is -0.465 e. The van der Waals surface area contributed by atoms with Gasteiger partial charge in [-0.05, 0) is 38.5 Å². The van der Waals surface area contributed by atoms with Crippen molar-refractivity contribution in [2.24, 2.45) is 22.7 Å². The van der Waals surface area contributed by atoms with Gasteiger partial charge in [0.2, 0.25) is 0 Å². The monoisotopic (exact) mass is 362 g/mol. The molecule has 0 unspecified atom stereocenters. The van der Waals surface area contributed by atoms with Gasteiger partial charge in [-0.25, -0.2) is 4.79 Å². The maximum absolute atomic E-state index is 13.0. The van der Waals surface area contributed by atoms with E-state index in [1.165, 1.54) is 0 Å². The minimum absolute atomic E-state index is 0.00725. The number of allylic oxidation sites excluding steroid dienone is 1. The van der Waals surface area contributed by atoms with Crippen LogP contribution in [0.2, 0.25) is 0 Å². The van der Waals surface area contributed by atoms with Gasteiger partial charge >= 0.3 is 11.9 Å². The highest BCUT2D eigenvalue weighted by molar-refractivity contribution is 5.97. The van der Waals surface area contributed by atoms with Crippen molar-refractivity contribution in [1.82, 2.24) is 0 Å². The Morgan fingerprint density at radius 1 is 1.23 bits per heavy atom. The van der Waals surface area contributed by atoms with E-state index in [9.17, 15) is 19.5 Å². The van der Waals surface area contributed by atoms with E-state index in [0.29, 0.717) is 31.4 Å². The summed E-state index contributed by atoms with van der Waals surface area (Å²) in [7, 11) is 0. The number of Topliss-reactive ketones (excluding diaryl/α,β-unsaturated/α-hetero) is 1. The SMILES string of the molecule is C[C@@]1(O)C(=O)C[C@@]23COC(=O)C2=CCC[C@@H]3[C@@]1(C)CC[C@H]1COC(=O)C1. The lowest BCUT2D eigenvalue weighted by molar-refractivity contribution is -0.185. The molecular weight excluding hydrogens is 336 g/mol. The van der Waals surface area contributed by atoms with Crippen molar-refractivity contribution in [3.05, 3.63) is 11.6 Å². The van der Waals surface area contributed by atoms with Crippen LogP contribution in [0.15, 0.2) is 11.6 Å². The molecule has 1 saturated carbocycles. The fraction of sp³-hybridized carbons (Fsp3) is 0.750. The lowest BCUT2D eigenvalue weighted by Gasteiger charge is -2.58. The fourth-order valence-electron chi connectivity index (χ4n) is 5.78. The lowest BCUT2D eigenvalue weighted by atomic mass is 9.45. The molecule has 0 aromatic carbocycles. The lowest BCUT2D eigenvalue weighted by Crippen LogP contribution is -2.64. The highest BCUT2D eigenvalue weighted by Crippen LogP contribution is 2.64. The summed E-state index contributed by atoms with van der Waals surface area (Å²) >= 11 is 0. The first-order chi connectivity index (χ1) is 12.2. The van der Waals surface area contributed by atoms with E-state index >= 15 is 0 Å². The van der Waals surface area contributed by atoms with Crippen molar-refractivity contribution in [2.45, 2.75) is 58.0 Å². The largest absolute Gasteiger partial charge is 0.465 e. The van der Waals surface area contributed by atoms with Gasteiger partial charge in [0.15, 0.2) is 5.78 Å². The molecule has 4 rings (SSSR count). The van der Waals surface area contributed by atoms with E-state index in [1.54, 1.807) is 6.92 Å². The summed E-state index contributed by atoms with van der Waals surface area (Å²) in [5.41, 5.74) is -2.11. The number of carbonyl (C=O) groups is 3. The maximum atomic E-state index is 13.0. The van der Waals surface area contributed by atoms with Gasteiger partial charge in [-0.15, -0.1) is 0 Å². The zero-order chi connectivity index (χ0) is 18.7. The molecule has 2 heterocycles.